The van der Waals surface area contributed by atoms with E-state index >= 15 is 0 Å². The van der Waals surface area contributed by atoms with Gasteiger partial charge in [0.25, 0.3) is 0 Å². The maximum absolute atomic E-state index is 8.61. The summed E-state index contributed by atoms with van der Waals surface area (Å²) < 4.78 is 15.8. The van der Waals surface area contributed by atoms with Gasteiger partial charge in [0.15, 0.2) is 0 Å². The van der Waals surface area contributed by atoms with Crippen molar-refractivity contribution in [1.29, 1.82) is 0 Å². The Morgan fingerprint density at radius 1 is 1.75 bits per heavy atom. The van der Waals surface area contributed by atoms with Gasteiger partial charge in [0.2, 0.25) is 0 Å². The van der Waals surface area contributed by atoms with E-state index in [0.29, 0.717) is 0 Å². The molecule has 0 radical (unpaired) electrons. The number of rotatable bonds is 0. The van der Waals surface area contributed by atoms with Crippen molar-refractivity contribution in [2.45, 2.75) is 0 Å². The normalized spacial score (nSPS) is 2.25. The monoisotopic (exact) mass is 99.0 g/mol. The molecule has 3 N–H and O–H groups in total. The van der Waals surface area contributed by atoms with Crippen molar-refractivity contribution in [1.82, 2.24) is 0 Å². The van der Waals surface area contributed by atoms with Crippen molar-refractivity contribution in [3.05, 3.63) is 0 Å². The van der Waals surface area contributed by atoms with Gasteiger partial charge in [-0.15, -0.1) is 0 Å². The van der Waals surface area contributed by atoms with Crippen LogP contribution in [0.15, 0.2) is 0 Å². The van der Waals surface area contributed by atoms with E-state index in [-0.39, 0.29) is 5.48 Å². The first kappa shape index (κ1) is 8.83. The quantitative estimate of drug-likeness (QED) is 0.375. The third-order valence-corrected chi connectivity index (χ3v) is 0. The van der Waals surface area contributed by atoms with Gasteiger partial charge in [0.1, 0.15) is 0 Å². The summed E-state index contributed by atoms with van der Waals surface area (Å²) in [7, 11) is 0. The molecule has 0 aliphatic rings. The van der Waals surface area contributed by atoms with Crippen molar-refractivity contribution in [3.8, 4) is 0 Å². The predicted molar refractivity (Wildman–Crippen MR) is 6.52 cm³/mol. The minimum absolute atomic E-state index is 0. The molecule has 0 saturated carbocycles. The molecule has 0 aliphatic carbocycles. The first-order valence-electron chi connectivity index (χ1n) is 0.428. The van der Waals surface area contributed by atoms with Crippen molar-refractivity contribution >= 4 is 0 Å². The molecule has 0 unspecified atom stereocenters. The molecule has 0 aliphatic heterocycles. The van der Waals surface area contributed by atoms with Crippen LogP contribution < -0.4 is 0 Å². The fourth-order valence-electron chi connectivity index (χ4n) is 0. The zero-order valence-corrected chi connectivity index (χ0v) is 3.42. The van der Waals surface area contributed by atoms with Gasteiger partial charge in [0, 0.05) is 0 Å². The third kappa shape index (κ3) is 26.6. The van der Waals surface area contributed by atoms with Crippen LogP contribution in [0.2, 0.25) is 0 Å². The Hall–Kier alpha value is 0.434. The van der Waals surface area contributed by atoms with Gasteiger partial charge >= 0.3 is 26.5 Å². The average molecular weight is 98.9 g/mol. The van der Waals surface area contributed by atoms with Crippen LogP contribution >= 0.6 is 0 Å². The van der Waals surface area contributed by atoms with Gasteiger partial charge in [-0.05, 0) is 0 Å². The second-order valence-electron chi connectivity index (χ2n) is 0.0913. The number of hydrogen-bond donors (Lipinski definition) is 1. The van der Waals surface area contributed by atoms with Crippen LogP contribution in [0.3, 0.4) is 0 Å². The molecule has 4 heteroatoms. The van der Waals surface area contributed by atoms with Crippen molar-refractivity contribution < 1.29 is 32.0 Å². The molecule has 0 bridgehead atoms. The van der Waals surface area contributed by atoms with Gasteiger partial charge < -0.3 is 5.48 Å². The standard InChI is InChI=1S/2H2O.O.Ti/h2*1H2;;/q;;;+1/p-1. The topological polar surface area (TPSA) is 68.8 Å². The van der Waals surface area contributed by atoms with Gasteiger partial charge in [-0.3, -0.25) is 0 Å². The van der Waals surface area contributed by atoms with Gasteiger partial charge in [-0.25, -0.2) is 0 Å². The van der Waals surface area contributed by atoms with E-state index in [2.05, 4.69) is 0 Å². The van der Waals surface area contributed by atoms with Crippen LogP contribution in [0.1, 0.15) is 0 Å². The van der Waals surface area contributed by atoms with Crippen LogP contribution in [0.5, 0.6) is 0 Å². The fraction of sp³-hybridized carbons (Fsp3) is 0. The summed E-state index contributed by atoms with van der Waals surface area (Å²) in [6.07, 6.45) is 0. The first-order valence-corrected chi connectivity index (χ1v) is 1.76. The van der Waals surface area contributed by atoms with E-state index in [1.807, 2.05) is 0 Å². The molecule has 0 aromatic rings. The molecule has 0 atom stereocenters. The molecular weight excluding hydrogens is 95.9 g/mol. The van der Waals surface area contributed by atoms with Crippen LogP contribution in [0.25, 0.3) is 0 Å². The molecule has 25 valence electrons. The average Bonchev–Trinajstić information content (AvgIpc) is 0.918. The Morgan fingerprint density at radius 3 is 1.75 bits per heavy atom. The van der Waals surface area contributed by atoms with Crippen LogP contribution in [0, 0.1) is 0 Å². The molecule has 0 amide bonds. The minimum atomic E-state index is -1.75. The van der Waals surface area contributed by atoms with Crippen LogP contribution in [-0.2, 0) is 22.8 Å². The van der Waals surface area contributed by atoms with E-state index in [0.717, 1.165) is 0 Å². The Balaban J connectivity index is 0. The third-order valence-electron chi connectivity index (χ3n) is 0. The summed E-state index contributed by atoms with van der Waals surface area (Å²) in [6.45, 7) is 0. The van der Waals surface area contributed by atoms with E-state index in [1.165, 1.54) is 0 Å². The van der Waals surface area contributed by atoms with E-state index in [4.69, 9.17) is 7.01 Å². The van der Waals surface area contributed by atoms with Gasteiger partial charge in [-0.2, -0.15) is 0 Å². The Labute approximate surface area is 32.7 Å². The fourth-order valence-corrected chi connectivity index (χ4v) is 0. The SMILES string of the molecule is O.[O]=[Ti][OH]. The van der Waals surface area contributed by atoms with Crippen LogP contribution in [-0.4, -0.2) is 9.16 Å². The summed E-state index contributed by atoms with van der Waals surface area (Å²) in [6, 6.07) is 0. The van der Waals surface area contributed by atoms with Crippen molar-refractivity contribution in [3.63, 3.8) is 0 Å². The van der Waals surface area contributed by atoms with E-state index in [1.54, 1.807) is 0 Å². The Kier molecular flexibility index (Phi) is 21.8. The summed E-state index contributed by atoms with van der Waals surface area (Å²) in [5.41, 5.74) is 0. The Bertz CT molecular complexity index is 10.8. The molecule has 0 aromatic heterocycles. The summed E-state index contributed by atoms with van der Waals surface area (Å²) in [5.74, 6) is 0. The van der Waals surface area contributed by atoms with E-state index in [9.17, 15) is 0 Å². The van der Waals surface area contributed by atoms with E-state index < -0.39 is 19.5 Å². The summed E-state index contributed by atoms with van der Waals surface area (Å²) >= 11 is -1.75. The second kappa shape index (κ2) is 9.89. The molecule has 0 rings (SSSR count). The molecule has 3 nitrogen and oxygen atoms in total. The Morgan fingerprint density at radius 2 is 1.75 bits per heavy atom. The van der Waals surface area contributed by atoms with Crippen LogP contribution in [0.4, 0.5) is 0 Å². The molecule has 4 heavy (non-hydrogen) atoms. The maximum atomic E-state index is 8.61. The number of hydrogen-bond acceptors (Lipinski definition) is 1. The molecule has 0 fully saturated rings. The van der Waals surface area contributed by atoms with Crippen molar-refractivity contribution in [2.24, 2.45) is 0 Å². The second-order valence-corrected chi connectivity index (χ2v) is 0.376. The van der Waals surface area contributed by atoms with Crippen molar-refractivity contribution in [2.75, 3.05) is 0 Å². The summed E-state index contributed by atoms with van der Waals surface area (Å²) in [5, 5.41) is 0. The molecule has 0 saturated heterocycles. The molecular formula is H3O3Ti. The zero-order valence-electron chi connectivity index (χ0n) is 1.86. The van der Waals surface area contributed by atoms with Gasteiger partial charge in [0.05, 0.1) is 0 Å². The first-order chi connectivity index (χ1) is 1.41. The summed E-state index contributed by atoms with van der Waals surface area (Å²) in [4.78, 5) is 0. The molecule has 0 aromatic carbocycles. The molecule has 0 heterocycles. The predicted octanol–water partition coefficient (Wildman–Crippen LogP) is -1.50. The van der Waals surface area contributed by atoms with Gasteiger partial charge in [-0.1, -0.05) is 0 Å². The molecule has 0 spiro atoms. The zero-order chi connectivity index (χ0) is 2.71.